The second kappa shape index (κ2) is 11.0. The van der Waals surface area contributed by atoms with Crippen molar-refractivity contribution in [3.63, 3.8) is 0 Å². The molecule has 4 rings (SSSR count). The Bertz CT molecular complexity index is 834. The predicted octanol–water partition coefficient (Wildman–Crippen LogP) is 4.38. The maximum Gasteiger partial charge on any atom is 0.224 e. The molecule has 3 heterocycles. The molecule has 31 heavy (non-hydrogen) atoms. The van der Waals surface area contributed by atoms with Crippen molar-refractivity contribution in [2.24, 2.45) is 0 Å². The van der Waals surface area contributed by atoms with Crippen molar-refractivity contribution in [1.82, 2.24) is 19.9 Å². The standard InChI is InChI=1S/C24H37N5O2/c1-3-7-18(2)27-24-26-17-21-22(28-24)20(19-8-5-4-6-9-19)16-25-23(21)31-15-12-29-10-13-30-14-11-29/h16-19H,3-15H2,1-2H3,(H,26,27,28). The van der Waals surface area contributed by atoms with Gasteiger partial charge in [-0.3, -0.25) is 4.90 Å². The molecule has 1 saturated carbocycles. The molecular weight excluding hydrogens is 390 g/mol. The zero-order chi connectivity index (χ0) is 21.5. The number of ether oxygens (including phenoxy) is 2. The van der Waals surface area contributed by atoms with Gasteiger partial charge in [0.05, 0.1) is 24.1 Å². The molecule has 0 radical (unpaired) electrons. The van der Waals surface area contributed by atoms with E-state index in [4.69, 9.17) is 19.4 Å². The molecule has 2 aromatic heterocycles. The number of hydrogen-bond acceptors (Lipinski definition) is 7. The molecular formula is C24H37N5O2. The van der Waals surface area contributed by atoms with Crippen LogP contribution in [-0.2, 0) is 4.74 Å². The van der Waals surface area contributed by atoms with Gasteiger partial charge in [0.15, 0.2) is 0 Å². The number of morpholine rings is 1. The van der Waals surface area contributed by atoms with Crippen LogP contribution in [0.25, 0.3) is 10.9 Å². The molecule has 0 amide bonds. The van der Waals surface area contributed by atoms with Crippen molar-refractivity contribution >= 4 is 16.9 Å². The number of rotatable bonds is 9. The van der Waals surface area contributed by atoms with Gasteiger partial charge in [0.2, 0.25) is 11.8 Å². The molecule has 2 aromatic rings. The van der Waals surface area contributed by atoms with E-state index in [9.17, 15) is 0 Å². The normalized spacial score (nSPS) is 19.4. The van der Waals surface area contributed by atoms with Crippen molar-refractivity contribution in [3.8, 4) is 5.88 Å². The lowest BCUT2D eigenvalue weighted by atomic mass is 9.84. The number of nitrogens with zero attached hydrogens (tertiary/aromatic N) is 4. The zero-order valence-electron chi connectivity index (χ0n) is 19.1. The maximum absolute atomic E-state index is 6.13. The minimum atomic E-state index is 0.353. The van der Waals surface area contributed by atoms with Crippen LogP contribution in [0.3, 0.4) is 0 Å². The highest BCUT2D eigenvalue weighted by Gasteiger charge is 2.22. The van der Waals surface area contributed by atoms with Crippen molar-refractivity contribution in [1.29, 1.82) is 0 Å². The summed E-state index contributed by atoms with van der Waals surface area (Å²) in [5, 5.41) is 4.40. The Morgan fingerprint density at radius 1 is 1.16 bits per heavy atom. The molecule has 2 fully saturated rings. The Labute approximate surface area is 186 Å². The molecule has 2 aliphatic rings. The van der Waals surface area contributed by atoms with Gasteiger partial charge in [-0.05, 0) is 32.1 Å². The van der Waals surface area contributed by atoms with Crippen LogP contribution >= 0.6 is 0 Å². The average molecular weight is 428 g/mol. The van der Waals surface area contributed by atoms with Crippen molar-refractivity contribution in [2.75, 3.05) is 44.8 Å². The molecule has 7 heteroatoms. The third-order valence-electron chi connectivity index (χ3n) is 6.51. The monoisotopic (exact) mass is 427 g/mol. The summed E-state index contributed by atoms with van der Waals surface area (Å²) in [6, 6.07) is 0.353. The van der Waals surface area contributed by atoms with E-state index in [1.165, 1.54) is 37.7 Å². The topological polar surface area (TPSA) is 72.4 Å². The molecule has 0 aromatic carbocycles. The van der Waals surface area contributed by atoms with Gasteiger partial charge in [0.25, 0.3) is 0 Å². The van der Waals surface area contributed by atoms with E-state index in [-0.39, 0.29) is 0 Å². The fourth-order valence-corrected chi connectivity index (χ4v) is 4.74. The van der Waals surface area contributed by atoms with E-state index in [0.717, 1.165) is 56.6 Å². The molecule has 1 aliphatic heterocycles. The summed E-state index contributed by atoms with van der Waals surface area (Å²) in [5.74, 6) is 1.88. The summed E-state index contributed by atoms with van der Waals surface area (Å²) in [6.45, 7) is 9.41. The second-order valence-corrected chi connectivity index (χ2v) is 8.95. The number of aromatic nitrogens is 3. The van der Waals surface area contributed by atoms with Gasteiger partial charge in [0.1, 0.15) is 6.61 Å². The third kappa shape index (κ3) is 5.83. The lowest BCUT2D eigenvalue weighted by Crippen LogP contribution is -2.38. The van der Waals surface area contributed by atoms with Crippen molar-refractivity contribution < 1.29 is 9.47 Å². The van der Waals surface area contributed by atoms with E-state index in [0.29, 0.717) is 30.4 Å². The van der Waals surface area contributed by atoms with Gasteiger partial charge in [-0.1, -0.05) is 32.6 Å². The van der Waals surface area contributed by atoms with E-state index in [1.807, 2.05) is 12.4 Å². The molecule has 7 nitrogen and oxygen atoms in total. The molecule has 1 saturated heterocycles. The van der Waals surface area contributed by atoms with E-state index in [1.54, 1.807) is 0 Å². The Kier molecular flexibility index (Phi) is 7.92. The first-order valence-corrected chi connectivity index (χ1v) is 12.1. The zero-order valence-corrected chi connectivity index (χ0v) is 19.1. The van der Waals surface area contributed by atoms with Crippen LogP contribution in [-0.4, -0.2) is 65.3 Å². The highest BCUT2D eigenvalue weighted by molar-refractivity contribution is 5.86. The number of fused-ring (bicyclic) bond motifs is 1. The average Bonchev–Trinajstić information content (AvgIpc) is 2.80. The molecule has 170 valence electrons. The molecule has 1 unspecified atom stereocenters. The number of nitrogens with one attached hydrogen (secondary N) is 1. The number of anilines is 1. The van der Waals surface area contributed by atoms with Crippen LogP contribution in [0.2, 0.25) is 0 Å². The molecule has 0 spiro atoms. The molecule has 1 N–H and O–H groups in total. The van der Waals surface area contributed by atoms with Crippen LogP contribution in [0.4, 0.5) is 5.95 Å². The van der Waals surface area contributed by atoms with Gasteiger partial charge in [-0.25, -0.2) is 15.0 Å². The SMILES string of the molecule is CCCC(C)Nc1ncc2c(OCCN3CCOCC3)ncc(C3CCCCC3)c2n1. The fraction of sp³-hybridized carbons (Fsp3) is 0.708. The van der Waals surface area contributed by atoms with Gasteiger partial charge in [0, 0.05) is 43.6 Å². The highest BCUT2D eigenvalue weighted by Crippen LogP contribution is 2.37. The second-order valence-electron chi connectivity index (χ2n) is 8.95. The van der Waals surface area contributed by atoms with E-state index >= 15 is 0 Å². The summed E-state index contributed by atoms with van der Waals surface area (Å²) in [4.78, 5) is 16.7. The molecule has 1 aliphatic carbocycles. The van der Waals surface area contributed by atoms with Crippen molar-refractivity contribution in [2.45, 2.75) is 70.8 Å². The van der Waals surface area contributed by atoms with E-state index in [2.05, 4.69) is 29.0 Å². The summed E-state index contributed by atoms with van der Waals surface area (Å²) < 4.78 is 11.6. The third-order valence-corrected chi connectivity index (χ3v) is 6.51. The highest BCUT2D eigenvalue weighted by atomic mass is 16.5. The fourth-order valence-electron chi connectivity index (χ4n) is 4.74. The first-order chi connectivity index (χ1) is 15.2. The Morgan fingerprint density at radius 3 is 2.74 bits per heavy atom. The first-order valence-electron chi connectivity index (χ1n) is 12.1. The lowest BCUT2D eigenvalue weighted by Gasteiger charge is -2.26. The Balaban J connectivity index is 1.56. The summed E-state index contributed by atoms with van der Waals surface area (Å²) in [5.41, 5.74) is 2.26. The maximum atomic E-state index is 6.13. The largest absolute Gasteiger partial charge is 0.476 e. The summed E-state index contributed by atoms with van der Waals surface area (Å²) >= 11 is 0. The van der Waals surface area contributed by atoms with Crippen LogP contribution in [0.1, 0.15) is 70.3 Å². The quantitative estimate of drug-likeness (QED) is 0.636. The van der Waals surface area contributed by atoms with Gasteiger partial charge in [-0.2, -0.15) is 0 Å². The van der Waals surface area contributed by atoms with Gasteiger partial charge < -0.3 is 14.8 Å². The Morgan fingerprint density at radius 2 is 1.97 bits per heavy atom. The Hall–Kier alpha value is -1.99. The summed E-state index contributed by atoms with van der Waals surface area (Å²) in [7, 11) is 0. The van der Waals surface area contributed by atoms with Gasteiger partial charge in [-0.15, -0.1) is 0 Å². The first kappa shape index (κ1) is 22.2. The molecule has 1 atom stereocenters. The van der Waals surface area contributed by atoms with E-state index < -0.39 is 0 Å². The van der Waals surface area contributed by atoms with Crippen LogP contribution in [0.15, 0.2) is 12.4 Å². The smallest absolute Gasteiger partial charge is 0.224 e. The van der Waals surface area contributed by atoms with Gasteiger partial charge >= 0.3 is 0 Å². The van der Waals surface area contributed by atoms with Crippen LogP contribution < -0.4 is 10.1 Å². The summed E-state index contributed by atoms with van der Waals surface area (Å²) in [6.07, 6.45) is 12.5. The van der Waals surface area contributed by atoms with Crippen molar-refractivity contribution in [3.05, 3.63) is 18.0 Å². The minimum Gasteiger partial charge on any atom is -0.476 e. The minimum absolute atomic E-state index is 0.353. The van der Waals surface area contributed by atoms with Crippen LogP contribution in [0, 0.1) is 0 Å². The molecule has 0 bridgehead atoms. The predicted molar refractivity (Wildman–Crippen MR) is 124 cm³/mol. The van der Waals surface area contributed by atoms with Crippen LogP contribution in [0.5, 0.6) is 5.88 Å². The number of hydrogen-bond donors (Lipinski definition) is 1. The number of pyridine rings is 1. The lowest BCUT2D eigenvalue weighted by molar-refractivity contribution is 0.0321.